The predicted molar refractivity (Wildman–Crippen MR) is 73.0 cm³/mol. The zero-order chi connectivity index (χ0) is 14.1. The molecule has 0 saturated carbocycles. The highest BCUT2D eigenvalue weighted by molar-refractivity contribution is 6.02. The number of carbonyl (C=O) groups excluding carboxylic acids is 1. The Morgan fingerprint density at radius 3 is 2.95 bits per heavy atom. The molecule has 2 aliphatic heterocycles. The largest absolute Gasteiger partial charge is 0.478 e. The first-order valence-electron chi connectivity index (χ1n) is 6.93. The van der Waals surface area contributed by atoms with Gasteiger partial charge in [-0.2, -0.15) is 0 Å². The molecule has 1 N–H and O–H groups in total. The van der Waals surface area contributed by atoms with Crippen molar-refractivity contribution in [3.05, 3.63) is 29.3 Å². The van der Waals surface area contributed by atoms with Crippen molar-refractivity contribution in [1.82, 2.24) is 0 Å². The van der Waals surface area contributed by atoms with E-state index in [9.17, 15) is 9.59 Å². The molecule has 5 heteroatoms. The van der Waals surface area contributed by atoms with Gasteiger partial charge in [-0.25, -0.2) is 4.79 Å². The zero-order valence-corrected chi connectivity index (χ0v) is 11.2. The fourth-order valence-corrected chi connectivity index (χ4v) is 2.87. The third-order valence-electron chi connectivity index (χ3n) is 3.92. The second-order valence-corrected chi connectivity index (χ2v) is 5.32. The Morgan fingerprint density at radius 2 is 2.25 bits per heavy atom. The summed E-state index contributed by atoms with van der Waals surface area (Å²) in [7, 11) is 0. The van der Waals surface area contributed by atoms with Crippen LogP contribution in [0.25, 0.3) is 0 Å². The number of hydrogen-bond donors (Lipinski definition) is 1. The predicted octanol–water partition coefficient (Wildman–Crippen LogP) is 1.84. The number of rotatable bonds is 3. The molecular weight excluding hydrogens is 258 g/mol. The molecule has 106 valence electrons. The molecule has 0 radical (unpaired) electrons. The Kier molecular flexibility index (Phi) is 3.44. The van der Waals surface area contributed by atoms with Gasteiger partial charge in [-0.1, -0.05) is 0 Å². The van der Waals surface area contributed by atoms with Crippen molar-refractivity contribution < 1.29 is 19.4 Å². The molecule has 0 spiro atoms. The van der Waals surface area contributed by atoms with Crippen molar-refractivity contribution in [3.8, 4) is 0 Å². The number of fused-ring (bicyclic) bond motifs is 1. The van der Waals surface area contributed by atoms with Crippen molar-refractivity contribution in [3.63, 3.8) is 0 Å². The van der Waals surface area contributed by atoms with Crippen LogP contribution in [0.1, 0.15) is 35.2 Å². The van der Waals surface area contributed by atoms with Gasteiger partial charge in [0.2, 0.25) is 5.91 Å². The maximum absolute atomic E-state index is 12.1. The minimum absolute atomic E-state index is 0.0247. The normalized spacial score (nSPS) is 21.9. The van der Waals surface area contributed by atoms with Crippen LogP contribution in [0.4, 0.5) is 5.69 Å². The van der Waals surface area contributed by atoms with Crippen LogP contribution in [0.5, 0.6) is 0 Å². The SMILES string of the molecule is O=C(O)c1ccc2c(c1)CC(=O)N2CC1CCCCO1. The van der Waals surface area contributed by atoms with Gasteiger partial charge in [-0.15, -0.1) is 0 Å². The molecule has 1 unspecified atom stereocenters. The quantitative estimate of drug-likeness (QED) is 0.914. The fourth-order valence-electron chi connectivity index (χ4n) is 2.87. The van der Waals surface area contributed by atoms with Gasteiger partial charge in [0.15, 0.2) is 0 Å². The molecule has 1 atom stereocenters. The van der Waals surface area contributed by atoms with Gasteiger partial charge in [0, 0.05) is 12.3 Å². The number of carbonyl (C=O) groups is 2. The Hall–Kier alpha value is -1.88. The summed E-state index contributed by atoms with van der Waals surface area (Å²) in [6.07, 6.45) is 3.58. The average Bonchev–Trinajstić information content (AvgIpc) is 2.75. The summed E-state index contributed by atoms with van der Waals surface area (Å²) in [6, 6.07) is 4.87. The molecule has 0 aliphatic carbocycles. The molecular formula is C15H17NO4. The van der Waals surface area contributed by atoms with Gasteiger partial charge in [-0.3, -0.25) is 4.79 Å². The van der Waals surface area contributed by atoms with E-state index in [1.807, 2.05) is 0 Å². The average molecular weight is 275 g/mol. The smallest absolute Gasteiger partial charge is 0.335 e. The van der Waals surface area contributed by atoms with E-state index in [1.54, 1.807) is 23.1 Å². The maximum atomic E-state index is 12.1. The number of nitrogens with zero attached hydrogens (tertiary/aromatic N) is 1. The lowest BCUT2D eigenvalue weighted by atomic mass is 10.1. The zero-order valence-electron chi connectivity index (χ0n) is 11.2. The van der Waals surface area contributed by atoms with E-state index < -0.39 is 5.97 Å². The van der Waals surface area contributed by atoms with Crippen molar-refractivity contribution in [1.29, 1.82) is 0 Å². The van der Waals surface area contributed by atoms with Gasteiger partial charge in [0.25, 0.3) is 0 Å². The summed E-state index contributed by atoms with van der Waals surface area (Å²) in [5.74, 6) is -0.939. The Bertz CT molecular complexity index is 549. The molecule has 2 heterocycles. The Morgan fingerprint density at radius 1 is 1.40 bits per heavy atom. The van der Waals surface area contributed by atoms with E-state index in [-0.39, 0.29) is 24.0 Å². The number of carboxylic acids is 1. The Labute approximate surface area is 117 Å². The molecule has 2 aliphatic rings. The molecule has 5 nitrogen and oxygen atoms in total. The van der Waals surface area contributed by atoms with E-state index in [2.05, 4.69) is 0 Å². The van der Waals surface area contributed by atoms with Crippen LogP contribution in [-0.2, 0) is 16.0 Å². The molecule has 0 bridgehead atoms. The minimum Gasteiger partial charge on any atom is -0.478 e. The molecule has 1 fully saturated rings. The summed E-state index contributed by atoms with van der Waals surface area (Å²) in [5, 5.41) is 8.99. The molecule has 20 heavy (non-hydrogen) atoms. The van der Waals surface area contributed by atoms with Gasteiger partial charge >= 0.3 is 5.97 Å². The molecule has 1 saturated heterocycles. The molecule has 1 aromatic rings. The van der Waals surface area contributed by atoms with Gasteiger partial charge in [0.05, 0.1) is 24.6 Å². The van der Waals surface area contributed by atoms with Gasteiger partial charge in [-0.05, 0) is 43.0 Å². The molecule has 1 aromatic carbocycles. The highest BCUT2D eigenvalue weighted by Gasteiger charge is 2.30. The van der Waals surface area contributed by atoms with Gasteiger partial charge in [0.1, 0.15) is 0 Å². The second kappa shape index (κ2) is 5.25. The van der Waals surface area contributed by atoms with Crippen LogP contribution in [0, 0.1) is 0 Å². The first-order chi connectivity index (χ1) is 9.65. The topological polar surface area (TPSA) is 66.8 Å². The van der Waals surface area contributed by atoms with E-state index in [1.165, 1.54) is 0 Å². The van der Waals surface area contributed by atoms with Gasteiger partial charge < -0.3 is 14.7 Å². The number of amides is 1. The van der Waals surface area contributed by atoms with Crippen LogP contribution in [0.2, 0.25) is 0 Å². The summed E-state index contributed by atoms with van der Waals surface area (Å²) >= 11 is 0. The highest BCUT2D eigenvalue weighted by atomic mass is 16.5. The molecule has 0 aromatic heterocycles. The number of aromatic carboxylic acids is 1. The van der Waals surface area contributed by atoms with E-state index in [4.69, 9.17) is 9.84 Å². The third-order valence-corrected chi connectivity index (χ3v) is 3.92. The number of carboxylic acid groups (broad SMARTS) is 1. The first kappa shape index (κ1) is 13.1. The monoisotopic (exact) mass is 275 g/mol. The van der Waals surface area contributed by atoms with Crippen LogP contribution in [0.15, 0.2) is 18.2 Å². The van der Waals surface area contributed by atoms with E-state index in [0.29, 0.717) is 6.54 Å². The Balaban J connectivity index is 1.80. The summed E-state index contributed by atoms with van der Waals surface area (Å²) in [4.78, 5) is 24.8. The lowest BCUT2D eigenvalue weighted by Gasteiger charge is -2.27. The van der Waals surface area contributed by atoms with E-state index >= 15 is 0 Å². The minimum atomic E-state index is -0.964. The fraction of sp³-hybridized carbons (Fsp3) is 0.467. The lowest BCUT2D eigenvalue weighted by molar-refractivity contribution is -0.118. The highest BCUT2D eigenvalue weighted by Crippen LogP contribution is 2.31. The van der Waals surface area contributed by atoms with Crippen LogP contribution >= 0.6 is 0 Å². The number of ether oxygens (including phenoxy) is 1. The van der Waals surface area contributed by atoms with Crippen LogP contribution < -0.4 is 4.90 Å². The van der Waals surface area contributed by atoms with Crippen molar-refractivity contribution in [2.24, 2.45) is 0 Å². The molecule has 1 amide bonds. The number of anilines is 1. The molecule has 3 rings (SSSR count). The lowest BCUT2D eigenvalue weighted by Crippen LogP contribution is -2.37. The van der Waals surface area contributed by atoms with Crippen molar-refractivity contribution >= 4 is 17.6 Å². The summed E-state index contributed by atoms with van der Waals surface area (Å²) in [5.41, 5.74) is 1.85. The summed E-state index contributed by atoms with van der Waals surface area (Å²) in [6.45, 7) is 1.33. The second-order valence-electron chi connectivity index (χ2n) is 5.32. The van der Waals surface area contributed by atoms with Crippen molar-refractivity contribution in [2.45, 2.75) is 31.8 Å². The summed E-state index contributed by atoms with van der Waals surface area (Å²) < 4.78 is 5.68. The van der Waals surface area contributed by atoms with Crippen molar-refractivity contribution in [2.75, 3.05) is 18.1 Å². The standard InChI is InChI=1S/C15H17NO4/c17-14-8-11-7-10(15(18)19)4-5-13(11)16(14)9-12-3-1-2-6-20-12/h4-5,7,12H,1-3,6,8-9H2,(H,18,19). The third kappa shape index (κ3) is 2.41. The number of hydrogen-bond acceptors (Lipinski definition) is 3. The maximum Gasteiger partial charge on any atom is 0.335 e. The first-order valence-corrected chi connectivity index (χ1v) is 6.93. The van der Waals surface area contributed by atoms with E-state index in [0.717, 1.165) is 37.1 Å². The van der Waals surface area contributed by atoms with Crippen LogP contribution in [-0.4, -0.2) is 36.2 Å². The van der Waals surface area contributed by atoms with Crippen LogP contribution in [0.3, 0.4) is 0 Å². The number of benzene rings is 1.